The maximum absolute atomic E-state index is 5.66. The van der Waals surface area contributed by atoms with Crippen molar-refractivity contribution >= 4 is 38.8 Å². The summed E-state index contributed by atoms with van der Waals surface area (Å²) < 4.78 is 6.69. The lowest BCUT2D eigenvalue weighted by Crippen LogP contribution is -2.30. The fraction of sp³-hybridized carbons (Fsp3) is 0.462. The van der Waals surface area contributed by atoms with Gasteiger partial charge in [-0.25, -0.2) is 0 Å². The summed E-state index contributed by atoms with van der Waals surface area (Å²) in [6, 6.07) is 6.02. The number of nitrogens with zero attached hydrogens (tertiary/aromatic N) is 1. The largest absolute Gasteiger partial charge is 0.389 e. The first-order chi connectivity index (χ1) is 8.58. The van der Waals surface area contributed by atoms with E-state index in [1.807, 2.05) is 12.1 Å². The monoisotopic (exact) mass is 328 g/mol. The lowest BCUT2D eigenvalue weighted by Gasteiger charge is -2.25. The van der Waals surface area contributed by atoms with Crippen LogP contribution in [0.15, 0.2) is 22.7 Å². The van der Waals surface area contributed by atoms with Gasteiger partial charge in [-0.2, -0.15) is 0 Å². The molecule has 3 nitrogen and oxygen atoms in total. The second-order valence-corrected chi connectivity index (χ2v) is 5.81. The van der Waals surface area contributed by atoms with Crippen LogP contribution in [0.4, 0.5) is 5.69 Å². The zero-order valence-corrected chi connectivity index (χ0v) is 12.8. The van der Waals surface area contributed by atoms with Crippen LogP contribution in [-0.2, 0) is 4.74 Å². The molecule has 18 heavy (non-hydrogen) atoms. The average Bonchev–Trinajstić information content (AvgIpc) is 2.53. The van der Waals surface area contributed by atoms with Crippen molar-refractivity contribution in [1.82, 2.24) is 0 Å². The number of nitrogens with two attached hydrogens (primary N) is 1. The molecule has 1 aromatic carbocycles. The third-order valence-electron chi connectivity index (χ3n) is 3.03. The molecule has 1 fully saturated rings. The van der Waals surface area contributed by atoms with Crippen LogP contribution >= 0.6 is 28.1 Å². The third kappa shape index (κ3) is 3.22. The van der Waals surface area contributed by atoms with Gasteiger partial charge in [0.15, 0.2) is 0 Å². The molecule has 1 unspecified atom stereocenters. The molecular weight excluding hydrogens is 312 g/mol. The highest BCUT2D eigenvalue weighted by Crippen LogP contribution is 2.28. The average molecular weight is 329 g/mol. The standard InChI is InChI=1S/C13H17BrN2OS/c1-9-8-16(5-2-6-17-9)12-4-3-10(13(15)18)7-11(12)14/h3-4,7,9H,2,5-6,8H2,1H3,(H2,15,18). The van der Waals surface area contributed by atoms with E-state index in [1.165, 1.54) is 5.69 Å². The molecule has 0 amide bonds. The van der Waals surface area contributed by atoms with Crippen molar-refractivity contribution in [2.75, 3.05) is 24.6 Å². The number of thiocarbonyl (C=S) groups is 1. The van der Waals surface area contributed by atoms with Gasteiger partial charge >= 0.3 is 0 Å². The van der Waals surface area contributed by atoms with Crippen LogP contribution in [-0.4, -0.2) is 30.8 Å². The molecule has 1 atom stereocenters. The molecule has 0 radical (unpaired) electrons. The molecule has 1 aromatic rings. The predicted molar refractivity (Wildman–Crippen MR) is 82.3 cm³/mol. The van der Waals surface area contributed by atoms with Crippen molar-refractivity contribution < 1.29 is 4.74 Å². The van der Waals surface area contributed by atoms with Crippen LogP contribution < -0.4 is 10.6 Å². The molecule has 2 rings (SSSR count). The summed E-state index contributed by atoms with van der Waals surface area (Å²) in [7, 11) is 0. The Morgan fingerprint density at radius 2 is 2.33 bits per heavy atom. The van der Waals surface area contributed by atoms with Crippen molar-refractivity contribution in [2.45, 2.75) is 19.4 Å². The van der Waals surface area contributed by atoms with Gasteiger partial charge in [0, 0.05) is 29.7 Å². The van der Waals surface area contributed by atoms with E-state index in [9.17, 15) is 0 Å². The Morgan fingerprint density at radius 1 is 1.56 bits per heavy atom. The fourth-order valence-corrected chi connectivity index (χ4v) is 2.89. The number of rotatable bonds is 2. The van der Waals surface area contributed by atoms with E-state index in [0.717, 1.165) is 36.2 Å². The van der Waals surface area contributed by atoms with Crippen LogP contribution in [0, 0.1) is 0 Å². The van der Waals surface area contributed by atoms with Gasteiger partial charge in [-0.1, -0.05) is 12.2 Å². The van der Waals surface area contributed by atoms with Crippen LogP contribution in [0.25, 0.3) is 0 Å². The third-order valence-corrected chi connectivity index (χ3v) is 3.90. The van der Waals surface area contributed by atoms with Gasteiger partial charge in [-0.05, 0) is 47.5 Å². The summed E-state index contributed by atoms with van der Waals surface area (Å²) in [5, 5.41) is 0. The first kappa shape index (κ1) is 13.8. The van der Waals surface area contributed by atoms with Gasteiger partial charge in [0.05, 0.1) is 11.8 Å². The van der Waals surface area contributed by atoms with Crippen LogP contribution in [0.1, 0.15) is 18.9 Å². The predicted octanol–water partition coefficient (Wildman–Crippen LogP) is 2.70. The minimum atomic E-state index is 0.259. The fourth-order valence-electron chi connectivity index (χ4n) is 2.13. The van der Waals surface area contributed by atoms with Gasteiger partial charge < -0.3 is 15.4 Å². The zero-order chi connectivity index (χ0) is 13.1. The second kappa shape index (κ2) is 5.99. The lowest BCUT2D eigenvalue weighted by molar-refractivity contribution is 0.0821. The molecule has 1 aliphatic heterocycles. The van der Waals surface area contributed by atoms with Gasteiger partial charge in [0.25, 0.3) is 0 Å². The molecule has 5 heteroatoms. The maximum atomic E-state index is 5.66. The van der Waals surface area contributed by atoms with E-state index in [-0.39, 0.29) is 6.10 Å². The molecule has 0 aliphatic carbocycles. The molecular formula is C13H17BrN2OS. The topological polar surface area (TPSA) is 38.5 Å². The highest BCUT2D eigenvalue weighted by Gasteiger charge is 2.17. The molecule has 1 aliphatic rings. The zero-order valence-electron chi connectivity index (χ0n) is 10.4. The second-order valence-electron chi connectivity index (χ2n) is 4.51. The summed E-state index contributed by atoms with van der Waals surface area (Å²) in [5.74, 6) is 0. The molecule has 0 saturated carbocycles. The molecule has 0 bridgehead atoms. The number of hydrogen-bond donors (Lipinski definition) is 1. The van der Waals surface area contributed by atoms with E-state index >= 15 is 0 Å². The Labute approximate surface area is 121 Å². The van der Waals surface area contributed by atoms with Gasteiger partial charge in [0.2, 0.25) is 0 Å². The summed E-state index contributed by atoms with van der Waals surface area (Å²) >= 11 is 8.58. The van der Waals surface area contributed by atoms with Crippen LogP contribution in [0.2, 0.25) is 0 Å². The summed E-state index contributed by atoms with van der Waals surface area (Å²) in [5.41, 5.74) is 7.70. The van der Waals surface area contributed by atoms with E-state index < -0.39 is 0 Å². The Bertz CT molecular complexity index is 453. The van der Waals surface area contributed by atoms with Crippen LogP contribution in [0.5, 0.6) is 0 Å². The van der Waals surface area contributed by atoms with Crippen molar-refractivity contribution in [3.63, 3.8) is 0 Å². The Kier molecular flexibility index (Phi) is 4.59. The smallest absolute Gasteiger partial charge is 0.104 e. The molecule has 1 heterocycles. The first-order valence-corrected chi connectivity index (χ1v) is 7.24. The SMILES string of the molecule is CC1CN(c2ccc(C(N)=S)cc2Br)CCCO1. The molecule has 0 aromatic heterocycles. The minimum absolute atomic E-state index is 0.259. The van der Waals surface area contributed by atoms with Gasteiger partial charge in [-0.15, -0.1) is 0 Å². The molecule has 1 saturated heterocycles. The number of hydrogen-bond acceptors (Lipinski definition) is 3. The van der Waals surface area contributed by atoms with E-state index in [1.54, 1.807) is 0 Å². The maximum Gasteiger partial charge on any atom is 0.104 e. The quantitative estimate of drug-likeness (QED) is 0.847. The molecule has 2 N–H and O–H groups in total. The van der Waals surface area contributed by atoms with Gasteiger partial charge in [0.1, 0.15) is 4.99 Å². The lowest BCUT2D eigenvalue weighted by atomic mass is 10.2. The van der Waals surface area contributed by atoms with Gasteiger partial charge in [-0.3, -0.25) is 0 Å². The van der Waals surface area contributed by atoms with Crippen molar-refractivity contribution in [3.8, 4) is 0 Å². The minimum Gasteiger partial charge on any atom is -0.389 e. The Balaban J connectivity index is 2.24. The van der Waals surface area contributed by atoms with Crippen LogP contribution in [0.3, 0.4) is 0 Å². The van der Waals surface area contributed by atoms with E-state index in [2.05, 4.69) is 33.8 Å². The molecule has 98 valence electrons. The number of anilines is 1. The summed E-state index contributed by atoms with van der Waals surface area (Å²) in [4.78, 5) is 2.76. The Hall–Kier alpha value is -0.650. The Morgan fingerprint density at radius 3 is 3.00 bits per heavy atom. The normalized spacial score (nSPS) is 20.6. The highest BCUT2D eigenvalue weighted by atomic mass is 79.9. The highest BCUT2D eigenvalue weighted by molar-refractivity contribution is 9.10. The first-order valence-electron chi connectivity index (χ1n) is 6.04. The number of ether oxygens (including phenoxy) is 1. The molecule has 0 spiro atoms. The van der Waals surface area contributed by atoms with Crippen molar-refractivity contribution in [1.29, 1.82) is 0 Å². The number of halogens is 1. The summed E-state index contributed by atoms with van der Waals surface area (Å²) in [6.45, 7) is 4.86. The van der Waals surface area contributed by atoms with Crippen molar-refractivity contribution in [3.05, 3.63) is 28.2 Å². The van der Waals surface area contributed by atoms with E-state index in [0.29, 0.717) is 4.99 Å². The summed E-state index contributed by atoms with van der Waals surface area (Å²) in [6.07, 6.45) is 1.31. The number of benzene rings is 1. The van der Waals surface area contributed by atoms with E-state index in [4.69, 9.17) is 22.7 Å². The van der Waals surface area contributed by atoms with Crippen molar-refractivity contribution in [2.24, 2.45) is 5.73 Å².